The van der Waals surface area contributed by atoms with Crippen LogP contribution in [0.25, 0.3) is 0 Å². The number of hydrogen-bond donors (Lipinski definition) is 4. The van der Waals surface area contributed by atoms with Gasteiger partial charge in [0.2, 0.25) is 5.91 Å². The number of rotatable bonds is 14. The number of aliphatic hydroxyl groups is 1. The van der Waals surface area contributed by atoms with Gasteiger partial charge in [0.25, 0.3) is 5.91 Å². The fourth-order valence-electron chi connectivity index (χ4n) is 6.00. The monoisotopic (exact) mass is 629 g/mol. The van der Waals surface area contributed by atoms with Crippen LogP contribution in [0.5, 0.6) is 5.75 Å². The van der Waals surface area contributed by atoms with Crippen molar-refractivity contribution in [1.29, 1.82) is 0 Å². The first-order valence-corrected chi connectivity index (χ1v) is 15.9. The van der Waals surface area contributed by atoms with Crippen LogP contribution in [0.2, 0.25) is 0 Å². The number of aryl methyl sites for hydroxylation is 2. The second-order valence-electron chi connectivity index (χ2n) is 13.1. The molecule has 4 amide bonds. The molecule has 10 nitrogen and oxygen atoms in total. The topological polar surface area (TPSA) is 133 Å². The molecule has 2 heterocycles. The number of aromatic nitrogens is 1. The number of carbonyl (C=O) groups excluding carboxylic acids is 3. The van der Waals surface area contributed by atoms with E-state index in [1.807, 2.05) is 101 Å². The molecule has 10 heteroatoms. The van der Waals surface area contributed by atoms with E-state index in [-0.39, 0.29) is 30.9 Å². The molecule has 0 aliphatic carbocycles. The molecule has 4 atom stereocenters. The van der Waals surface area contributed by atoms with Crippen molar-refractivity contribution < 1.29 is 24.2 Å². The summed E-state index contributed by atoms with van der Waals surface area (Å²) in [6, 6.07) is 19.1. The smallest absolute Gasteiger partial charge is 0.318 e. The predicted molar refractivity (Wildman–Crippen MR) is 177 cm³/mol. The summed E-state index contributed by atoms with van der Waals surface area (Å²) in [5.74, 6) is -0.0976. The van der Waals surface area contributed by atoms with Gasteiger partial charge in [0.05, 0.1) is 17.8 Å². The maximum atomic E-state index is 13.9. The van der Waals surface area contributed by atoms with Crippen LogP contribution in [0, 0.1) is 19.3 Å². The van der Waals surface area contributed by atoms with Gasteiger partial charge < -0.3 is 30.7 Å². The van der Waals surface area contributed by atoms with E-state index in [1.165, 1.54) is 0 Å². The predicted octanol–water partition coefficient (Wildman–Crippen LogP) is 3.72. The molecule has 1 aliphatic heterocycles. The highest BCUT2D eigenvalue weighted by Gasteiger charge is 2.41. The third-order valence-corrected chi connectivity index (χ3v) is 8.20. The number of amides is 4. The van der Waals surface area contributed by atoms with Crippen molar-refractivity contribution in [3.63, 3.8) is 0 Å². The SMILES string of the molecule is Cc1ccnc(C)c1OCC(=O)N[C@@H](Cc1ccccc1)[C@@H](O)C[C@H](Cc1ccccc1)NC(=O)[C@@H](N1CCNC1=O)C(C)(C)C. The second-order valence-corrected chi connectivity index (χ2v) is 13.1. The minimum Gasteiger partial charge on any atom is -0.482 e. The summed E-state index contributed by atoms with van der Waals surface area (Å²) in [5, 5.41) is 20.7. The Bertz CT molecular complexity index is 1440. The van der Waals surface area contributed by atoms with Gasteiger partial charge in [-0.2, -0.15) is 0 Å². The Morgan fingerprint density at radius 2 is 1.61 bits per heavy atom. The Kier molecular flexibility index (Phi) is 11.8. The van der Waals surface area contributed by atoms with Crippen LogP contribution in [0.15, 0.2) is 72.9 Å². The minimum absolute atomic E-state index is 0.170. The van der Waals surface area contributed by atoms with E-state index < -0.39 is 29.6 Å². The van der Waals surface area contributed by atoms with E-state index in [2.05, 4.69) is 20.9 Å². The molecule has 46 heavy (non-hydrogen) atoms. The maximum Gasteiger partial charge on any atom is 0.318 e. The Morgan fingerprint density at radius 1 is 0.978 bits per heavy atom. The van der Waals surface area contributed by atoms with Gasteiger partial charge in [0.15, 0.2) is 6.61 Å². The van der Waals surface area contributed by atoms with Crippen molar-refractivity contribution in [3.8, 4) is 5.75 Å². The number of ether oxygens (including phenoxy) is 1. The van der Waals surface area contributed by atoms with Gasteiger partial charge in [-0.05, 0) is 61.3 Å². The van der Waals surface area contributed by atoms with Crippen molar-refractivity contribution in [2.24, 2.45) is 5.41 Å². The Morgan fingerprint density at radius 3 is 2.17 bits per heavy atom. The molecule has 1 aromatic heterocycles. The fraction of sp³-hybridized carbons (Fsp3) is 0.444. The molecule has 1 aliphatic rings. The van der Waals surface area contributed by atoms with Crippen molar-refractivity contribution >= 4 is 17.8 Å². The first kappa shape index (κ1) is 34.4. The third-order valence-electron chi connectivity index (χ3n) is 8.20. The highest BCUT2D eigenvalue weighted by molar-refractivity contribution is 5.88. The van der Waals surface area contributed by atoms with Gasteiger partial charge in [-0.15, -0.1) is 0 Å². The van der Waals surface area contributed by atoms with E-state index in [0.29, 0.717) is 37.4 Å². The molecule has 0 unspecified atom stereocenters. The summed E-state index contributed by atoms with van der Waals surface area (Å²) in [5.41, 5.74) is 2.97. The number of pyridine rings is 1. The Labute approximate surface area is 271 Å². The molecule has 0 radical (unpaired) electrons. The van der Waals surface area contributed by atoms with E-state index in [1.54, 1.807) is 11.1 Å². The lowest BCUT2D eigenvalue weighted by Crippen LogP contribution is -2.57. The number of carbonyl (C=O) groups is 3. The standard InChI is InChI=1S/C36H47N5O5/c1-24-16-17-37-25(2)32(24)46-23-31(43)40-29(21-27-14-10-7-11-15-27)30(42)22-28(20-26-12-8-6-9-13-26)39-34(44)33(36(3,4)5)41-19-18-38-35(41)45/h6-17,28-30,33,42H,18-23H2,1-5H3,(H,38,45)(H,39,44)(H,40,43)/t28-,29-,30-,33+/m0/s1. The summed E-state index contributed by atoms with van der Waals surface area (Å²) in [6.07, 6.45) is 1.69. The first-order valence-electron chi connectivity index (χ1n) is 15.9. The van der Waals surface area contributed by atoms with Crippen LogP contribution in [0.1, 0.15) is 49.6 Å². The molecule has 4 N–H and O–H groups in total. The second kappa shape index (κ2) is 15.7. The normalized spacial score (nSPS) is 15.8. The third kappa shape index (κ3) is 9.53. The molecule has 4 rings (SSSR count). The number of nitrogens with one attached hydrogen (secondary N) is 3. The van der Waals surface area contributed by atoms with Crippen LogP contribution in [0.3, 0.4) is 0 Å². The van der Waals surface area contributed by atoms with Crippen molar-refractivity contribution in [1.82, 2.24) is 25.8 Å². The van der Waals surface area contributed by atoms with Gasteiger partial charge in [-0.1, -0.05) is 81.4 Å². The number of urea groups is 1. The molecule has 246 valence electrons. The minimum atomic E-state index is -1.01. The molecular formula is C36H47N5O5. The van der Waals surface area contributed by atoms with Crippen LogP contribution in [0.4, 0.5) is 4.79 Å². The van der Waals surface area contributed by atoms with E-state index in [9.17, 15) is 19.5 Å². The zero-order valence-electron chi connectivity index (χ0n) is 27.5. The Hall–Kier alpha value is -4.44. The fourth-order valence-corrected chi connectivity index (χ4v) is 6.00. The average Bonchev–Trinajstić information content (AvgIpc) is 3.41. The number of hydrogen-bond acceptors (Lipinski definition) is 6. The molecule has 1 saturated heterocycles. The van der Waals surface area contributed by atoms with Crippen LogP contribution >= 0.6 is 0 Å². The van der Waals surface area contributed by atoms with Gasteiger partial charge in [0, 0.05) is 25.3 Å². The lowest BCUT2D eigenvalue weighted by Gasteiger charge is -2.37. The van der Waals surface area contributed by atoms with E-state index >= 15 is 0 Å². The number of nitrogens with zero attached hydrogens (tertiary/aromatic N) is 2. The summed E-state index contributed by atoms with van der Waals surface area (Å²) < 4.78 is 5.84. The summed E-state index contributed by atoms with van der Waals surface area (Å²) >= 11 is 0. The van der Waals surface area contributed by atoms with Gasteiger partial charge in [0.1, 0.15) is 11.8 Å². The zero-order valence-corrected chi connectivity index (χ0v) is 27.5. The maximum absolute atomic E-state index is 13.9. The zero-order chi connectivity index (χ0) is 33.3. The van der Waals surface area contributed by atoms with Crippen molar-refractivity contribution in [3.05, 3.63) is 95.3 Å². The lowest BCUT2D eigenvalue weighted by atomic mass is 9.84. The molecule has 0 spiro atoms. The molecular weight excluding hydrogens is 582 g/mol. The van der Waals surface area contributed by atoms with Crippen LogP contribution in [-0.2, 0) is 22.4 Å². The van der Waals surface area contributed by atoms with Crippen molar-refractivity contribution in [2.45, 2.75) is 78.1 Å². The van der Waals surface area contributed by atoms with Gasteiger partial charge in [-0.3, -0.25) is 14.6 Å². The first-order chi connectivity index (χ1) is 21.9. The van der Waals surface area contributed by atoms with E-state index in [0.717, 1.165) is 16.7 Å². The number of aliphatic hydroxyl groups excluding tert-OH is 1. The van der Waals surface area contributed by atoms with Crippen LogP contribution < -0.4 is 20.7 Å². The lowest BCUT2D eigenvalue weighted by molar-refractivity contribution is -0.130. The largest absolute Gasteiger partial charge is 0.482 e. The van der Waals surface area contributed by atoms with Crippen LogP contribution in [-0.4, -0.2) is 76.8 Å². The summed E-state index contributed by atoms with van der Waals surface area (Å²) in [4.78, 5) is 45.5. The van der Waals surface area contributed by atoms with E-state index in [4.69, 9.17) is 4.74 Å². The van der Waals surface area contributed by atoms with Crippen molar-refractivity contribution in [2.75, 3.05) is 19.7 Å². The quantitative estimate of drug-likeness (QED) is 0.215. The molecule has 3 aromatic rings. The molecule has 2 aromatic carbocycles. The Balaban J connectivity index is 1.54. The number of benzene rings is 2. The summed E-state index contributed by atoms with van der Waals surface area (Å²) in [6.45, 7) is 10.2. The highest BCUT2D eigenvalue weighted by atomic mass is 16.5. The molecule has 0 bridgehead atoms. The average molecular weight is 630 g/mol. The highest BCUT2D eigenvalue weighted by Crippen LogP contribution is 2.27. The van der Waals surface area contributed by atoms with Gasteiger partial charge >= 0.3 is 6.03 Å². The molecule has 0 saturated carbocycles. The van der Waals surface area contributed by atoms with Gasteiger partial charge in [-0.25, -0.2) is 4.79 Å². The summed E-state index contributed by atoms with van der Waals surface area (Å²) in [7, 11) is 0. The molecule has 1 fully saturated rings.